The van der Waals surface area contributed by atoms with Gasteiger partial charge in [-0.05, 0) is 149 Å². The molecule has 4 nitrogen and oxygen atoms in total. The van der Waals surface area contributed by atoms with E-state index in [-0.39, 0.29) is 6.71 Å². The van der Waals surface area contributed by atoms with Crippen LogP contribution in [0.4, 0.5) is 34.1 Å². The Bertz CT molecular complexity index is 6060. The minimum absolute atomic E-state index is 0.214. The Morgan fingerprint density at radius 3 is 0.990 bits per heavy atom. The van der Waals surface area contributed by atoms with Gasteiger partial charge in [-0.3, -0.25) is 0 Å². The largest absolute Gasteiger partial charge is 0.311 e. The minimum Gasteiger partial charge on any atom is -0.311 e. The molecule has 2 aliphatic heterocycles. The van der Waals surface area contributed by atoms with Crippen LogP contribution in [0, 0.1) is 0 Å². The van der Waals surface area contributed by atoms with Gasteiger partial charge in [0.25, 0.3) is 6.71 Å². The molecule has 0 fully saturated rings. The molecule has 0 aliphatic carbocycles. The van der Waals surface area contributed by atoms with Crippen LogP contribution in [0.25, 0.3) is 132 Å². The fraction of sp³-hybridized carbons (Fsp3) is 0. The summed E-state index contributed by atoms with van der Waals surface area (Å²) < 4.78 is 5.00. The molecule has 4 heterocycles. The van der Waals surface area contributed by atoms with Gasteiger partial charge < -0.3 is 18.9 Å². The van der Waals surface area contributed by atoms with Crippen molar-refractivity contribution >= 4 is 122 Å². The van der Waals surface area contributed by atoms with Crippen LogP contribution in [0.2, 0.25) is 0 Å². The maximum absolute atomic E-state index is 2.64. The van der Waals surface area contributed by atoms with E-state index < -0.39 is 0 Å². The van der Waals surface area contributed by atoms with Gasteiger partial charge in [-0.25, -0.2) is 0 Å². The number of nitrogens with zero attached hydrogens (tertiary/aromatic N) is 4. The lowest BCUT2D eigenvalue weighted by Gasteiger charge is -2.45. The van der Waals surface area contributed by atoms with Crippen molar-refractivity contribution in [2.24, 2.45) is 0 Å². The Labute approximate surface area is 562 Å². The average Bonchev–Trinajstić information content (AvgIpc) is 0.848. The quantitative estimate of drug-likeness (QED) is 0.106. The van der Waals surface area contributed by atoms with Crippen molar-refractivity contribution in [1.82, 2.24) is 9.13 Å². The molecule has 20 rings (SSSR count). The van der Waals surface area contributed by atoms with Gasteiger partial charge in [0.1, 0.15) is 0 Å². The normalized spacial score (nSPS) is 12.5. The molecule has 0 atom stereocenters. The Morgan fingerprint density at radius 2 is 0.526 bits per heavy atom. The van der Waals surface area contributed by atoms with Crippen LogP contribution in [-0.4, -0.2) is 15.8 Å². The van der Waals surface area contributed by atoms with Gasteiger partial charge in [0.15, 0.2) is 0 Å². The van der Waals surface area contributed by atoms with Crippen molar-refractivity contribution in [3.63, 3.8) is 0 Å². The number of fused-ring (bicyclic) bond motifs is 12. The van der Waals surface area contributed by atoms with Gasteiger partial charge in [0.2, 0.25) is 0 Å². The van der Waals surface area contributed by atoms with E-state index in [1.165, 1.54) is 98.3 Å². The highest BCUT2D eigenvalue weighted by Crippen LogP contribution is 2.53. The molecular weight excluding hydrogens is 1170 g/mol. The van der Waals surface area contributed by atoms with Crippen LogP contribution in [0.1, 0.15) is 0 Å². The van der Waals surface area contributed by atoms with Crippen molar-refractivity contribution in [1.29, 1.82) is 0 Å². The zero-order valence-corrected chi connectivity index (χ0v) is 52.9. The first kappa shape index (κ1) is 54.8. The predicted molar refractivity (Wildman–Crippen MR) is 411 cm³/mol. The van der Waals surface area contributed by atoms with E-state index in [0.717, 1.165) is 84.3 Å². The lowest BCUT2D eigenvalue weighted by atomic mass is 9.33. The molecule has 5 heteroatoms. The van der Waals surface area contributed by atoms with Crippen molar-refractivity contribution in [3.05, 3.63) is 358 Å². The summed E-state index contributed by atoms with van der Waals surface area (Å²) in [5.41, 5.74) is 29.0. The van der Waals surface area contributed by atoms with Crippen LogP contribution < -0.4 is 26.2 Å². The number of hydrogen-bond donors (Lipinski definition) is 0. The first-order chi connectivity index (χ1) is 48.2. The van der Waals surface area contributed by atoms with E-state index in [9.17, 15) is 0 Å². The molecule has 0 saturated carbocycles. The maximum atomic E-state index is 2.64. The monoisotopic (exact) mass is 1230 g/mol. The van der Waals surface area contributed by atoms with Crippen molar-refractivity contribution in [2.75, 3.05) is 9.80 Å². The number of hydrogen-bond acceptors (Lipinski definition) is 2. The maximum Gasteiger partial charge on any atom is 0.252 e. The molecule has 2 aromatic heterocycles. The molecule has 0 amide bonds. The van der Waals surface area contributed by atoms with Gasteiger partial charge in [-0.2, -0.15) is 0 Å². The first-order valence-electron chi connectivity index (χ1n) is 33.6. The number of aromatic nitrogens is 2. The summed E-state index contributed by atoms with van der Waals surface area (Å²) in [4.78, 5) is 5.26. The van der Waals surface area contributed by atoms with E-state index in [1.54, 1.807) is 0 Å². The Kier molecular flexibility index (Phi) is 12.4. The minimum atomic E-state index is -0.214. The van der Waals surface area contributed by atoms with Crippen molar-refractivity contribution in [3.8, 4) is 67.0 Å². The third kappa shape index (κ3) is 8.38. The molecule has 0 N–H and O–H groups in total. The number of anilines is 6. The topological polar surface area (TPSA) is 16.3 Å². The Morgan fingerprint density at radius 1 is 0.196 bits per heavy atom. The summed E-state index contributed by atoms with van der Waals surface area (Å²) in [5, 5.41) is 9.72. The van der Waals surface area contributed by atoms with Gasteiger partial charge in [0.05, 0.1) is 39.1 Å². The molecule has 18 aromatic rings. The number of rotatable bonds is 9. The highest BCUT2D eigenvalue weighted by Gasteiger charge is 2.45. The lowest BCUT2D eigenvalue weighted by molar-refractivity contribution is 1.15. The number of para-hydroxylation sites is 6. The lowest BCUT2D eigenvalue weighted by Crippen LogP contribution is -2.61. The Hall–Kier alpha value is -12.7. The van der Waals surface area contributed by atoms with Crippen LogP contribution >= 0.6 is 0 Å². The van der Waals surface area contributed by atoms with E-state index >= 15 is 0 Å². The van der Waals surface area contributed by atoms with Crippen LogP contribution in [0.15, 0.2) is 358 Å². The van der Waals surface area contributed by atoms with Gasteiger partial charge in [-0.1, -0.05) is 291 Å². The van der Waals surface area contributed by atoms with Crippen LogP contribution in [0.3, 0.4) is 0 Å². The predicted octanol–water partition coefficient (Wildman–Crippen LogP) is 22.6. The zero-order chi connectivity index (χ0) is 63.7. The molecular formula is C92H59BN4. The molecule has 0 saturated heterocycles. The molecule has 0 unspecified atom stereocenters. The van der Waals surface area contributed by atoms with E-state index in [0.29, 0.717) is 0 Å². The second-order valence-electron chi connectivity index (χ2n) is 25.8. The van der Waals surface area contributed by atoms with Crippen molar-refractivity contribution in [2.45, 2.75) is 0 Å². The second-order valence-corrected chi connectivity index (χ2v) is 25.8. The smallest absolute Gasteiger partial charge is 0.252 e. The Balaban J connectivity index is 0.927. The van der Waals surface area contributed by atoms with E-state index in [2.05, 4.69) is 377 Å². The molecule has 97 heavy (non-hydrogen) atoms. The SMILES string of the molecule is c1ccc(-c2ccccc2-c2c3ccccc3c(-c3ccc4c(c3)N(c3ccccc3-c3ccccc3)c3cc(-n5c6ccccc6c6ccccc65)cc5c3B4c3ccc(-n4c6ccccc6c6ccccc64)cc3N5c3ccccc3-c3ccccc3)c3ccccc23)cc1. The highest BCUT2D eigenvalue weighted by atomic mass is 15.2. The van der Waals surface area contributed by atoms with Crippen molar-refractivity contribution < 1.29 is 0 Å². The summed E-state index contributed by atoms with van der Waals surface area (Å²) in [5.74, 6) is 0. The number of benzene rings is 16. The summed E-state index contributed by atoms with van der Waals surface area (Å²) >= 11 is 0. The highest BCUT2D eigenvalue weighted by molar-refractivity contribution is 7.00. The molecule has 16 aromatic carbocycles. The molecule has 2 aliphatic rings. The fourth-order valence-electron chi connectivity index (χ4n) is 16.7. The summed E-state index contributed by atoms with van der Waals surface area (Å²) in [6, 6.07) is 134. The third-order valence-electron chi connectivity index (χ3n) is 20.7. The second kappa shape index (κ2) is 22.0. The van der Waals surface area contributed by atoms with E-state index in [4.69, 9.17) is 0 Å². The summed E-state index contributed by atoms with van der Waals surface area (Å²) in [7, 11) is 0. The third-order valence-corrected chi connectivity index (χ3v) is 20.7. The summed E-state index contributed by atoms with van der Waals surface area (Å²) in [6.07, 6.45) is 0. The first-order valence-corrected chi connectivity index (χ1v) is 33.6. The van der Waals surface area contributed by atoms with Gasteiger partial charge >= 0.3 is 0 Å². The standard InChI is InChI=1S/C92H59BN4/c1-4-28-60(29-5-1)66-34-10-11-41-73(66)91-76-44-14-12-42-74(76)90(75-43-13-15-45-77(75)91)63-52-54-78-86(56-63)96(80-46-22-16-35-67(80)61-30-6-2-7-31-61)88-58-65(95-84-50-26-20-39-71(84)72-40-21-27-51-85(72)95)59-89-92(88)93(78)79-55-53-64(94-82-48-24-18-37-69(82)70-38-19-25-49-83(70)94)57-87(79)97(89)81-47-23-17-36-68(81)62-32-8-3-9-33-62/h1-59H. The molecule has 0 radical (unpaired) electrons. The molecule has 0 spiro atoms. The van der Waals surface area contributed by atoms with Gasteiger partial charge in [0, 0.05) is 61.1 Å². The fourth-order valence-corrected chi connectivity index (χ4v) is 16.7. The zero-order valence-electron chi connectivity index (χ0n) is 52.9. The molecule has 0 bridgehead atoms. The van der Waals surface area contributed by atoms with E-state index in [1.807, 2.05) is 0 Å². The summed E-state index contributed by atoms with van der Waals surface area (Å²) in [6.45, 7) is -0.214. The average molecular weight is 1230 g/mol. The molecule has 450 valence electrons. The van der Waals surface area contributed by atoms with Crippen LogP contribution in [0.5, 0.6) is 0 Å². The van der Waals surface area contributed by atoms with Gasteiger partial charge in [-0.15, -0.1) is 0 Å². The van der Waals surface area contributed by atoms with Crippen LogP contribution in [-0.2, 0) is 0 Å².